The molecule has 0 bridgehead atoms. The largest absolute Gasteiger partial charge is 0.477 e. The number of nitrogens with one attached hydrogen (secondary N) is 1. The quantitative estimate of drug-likeness (QED) is 0.294. The number of hydroxylamine groups is 1. The Hall–Kier alpha value is -2.81. The van der Waals surface area contributed by atoms with Crippen LogP contribution in [-0.2, 0) is 9.63 Å². The summed E-state index contributed by atoms with van der Waals surface area (Å²) in [6.45, 7) is 8.18. The highest BCUT2D eigenvalue weighted by atomic mass is 32.1. The Morgan fingerprint density at radius 2 is 1.97 bits per heavy atom. The molecule has 1 fully saturated rings. The second-order valence-corrected chi connectivity index (χ2v) is 11.6. The van der Waals surface area contributed by atoms with Gasteiger partial charge >= 0.3 is 5.97 Å². The lowest BCUT2D eigenvalue weighted by molar-refractivity contribution is -0.124. The number of hydrogen-bond acceptors (Lipinski definition) is 6. The van der Waals surface area contributed by atoms with Gasteiger partial charge in [-0.2, -0.15) is 5.26 Å². The van der Waals surface area contributed by atoms with Crippen molar-refractivity contribution in [3.05, 3.63) is 27.6 Å². The molecule has 3 rings (SSSR count). The summed E-state index contributed by atoms with van der Waals surface area (Å²) in [6, 6.07) is 3.55. The summed E-state index contributed by atoms with van der Waals surface area (Å²) >= 11 is 1.13. The summed E-state index contributed by atoms with van der Waals surface area (Å²) in [5, 5.41) is 18.7. The lowest BCUT2D eigenvalue weighted by Crippen LogP contribution is -2.46. The summed E-state index contributed by atoms with van der Waals surface area (Å²) in [5.41, 5.74) is 3.92. The number of allylic oxidation sites excluding steroid dienone is 1. The van der Waals surface area contributed by atoms with Crippen LogP contribution in [0.25, 0.3) is 0 Å². The minimum absolute atomic E-state index is 0.0167. The van der Waals surface area contributed by atoms with Gasteiger partial charge in [0.05, 0.1) is 16.6 Å². The summed E-state index contributed by atoms with van der Waals surface area (Å²) in [7, 11) is 0. The highest BCUT2D eigenvalue weighted by Crippen LogP contribution is 2.38. The lowest BCUT2D eigenvalue weighted by atomic mass is 9.81. The Labute approximate surface area is 212 Å². The molecule has 8 heteroatoms. The SMILES string of the molecule is CC1CCC(C(=O)N(c2cc(C#CC(C)(C)C)sc2C(=O)O)C2CC=C(NOCC#N)CC2)CC1. The lowest BCUT2D eigenvalue weighted by Gasteiger charge is -2.37. The summed E-state index contributed by atoms with van der Waals surface area (Å²) in [5.74, 6) is 5.79. The van der Waals surface area contributed by atoms with E-state index in [2.05, 4.69) is 24.2 Å². The fraction of sp³-hybridized carbons (Fsp3) is 0.593. The maximum Gasteiger partial charge on any atom is 0.348 e. The number of nitrogens with zero attached hydrogens (tertiary/aromatic N) is 2. The molecule has 2 aliphatic rings. The van der Waals surface area contributed by atoms with E-state index in [9.17, 15) is 14.7 Å². The van der Waals surface area contributed by atoms with Crippen LogP contribution in [-0.4, -0.2) is 29.6 Å². The van der Waals surface area contributed by atoms with Crippen molar-refractivity contribution >= 4 is 28.9 Å². The number of rotatable bonds is 7. The Balaban J connectivity index is 1.95. The highest BCUT2D eigenvalue weighted by Gasteiger charge is 2.36. The van der Waals surface area contributed by atoms with Gasteiger partial charge in [0, 0.05) is 23.1 Å². The normalized spacial score (nSPS) is 22.3. The number of thiophene rings is 1. The van der Waals surface area contributed by atoms with Crippen molar-refractivity contribution in [3.8, 4) is 17.9 Å². The van der Waals surface area contributed by atoms with E-state index in [0.29, 0.717) is 35.7 Å². The third-order valence-electron chi connectivity index (χ3n) is 6.42. The predicted molar refractivity (Wildman–Crippen MR) is 137 cm³/mol. The Morgan fingerprint density at radius 1 is 1.26 bits per heavy atom. The maximum absolute atomic E-state index is 13.9. The first-order valence-corrected chi connectivity index (χ1v) is 13.1. The maximum atomic E-state index is 13.9. The van der Waals surface area contributed by atoms with Crippen LogP contribution in [0.4, 0.5) is 5.69 Å². The molecule has 2 N–H and O–H groups in total. The van der Waals surface area contributed by atoms with Gasteiger partial charge in [0.15, 0.2) is 6.61 Å². The van der Waals surface area contributed by atoms with Gasteiger partial charge in [0.1, 0.15) is 4.88 Å². The molecule has 1 aromatic rings. The van der Waals surface area contributed by atoms with E-state index in [4.69, 9.17) is 10.1 Å². The van der Waals surface area contributed by atoms with Gasteiger partial charge in [-0.1, -0.05) is 24.8 Å². The third kappa shape index (κ3) is 7.34. The van der Waals surface area contributed by atoms with Crippen LogP contribution >= 0.6 is 11.3 Å². The molecule has 0 saturated heterocycles. The van der Waals surface area contributed by atoms with Gasteiger partial charge in [-0.15, -0.1) is 11.3 Å². The van der Waals surface area contributed by atoms with Crippen molar-refractivity contribution in [2.75, 3.05) is 11.5 Å². The minimum atomic E-state index is -1.04. The molecule has 1 saturated carbocycles. The van der Waals surface area contributed by atoms with Crippen LogP contribution in [0.15, 0.2) is 17.8 Å². The number of carboxylic acids is 1. The number of amides is 1. The van der Waals surface area contributed by atoms with Crippen molar-refractivity contribution < 1.29 is 19.5 Å². The van der Waals surface area contributed by atoms with E-state index in [1.165, 1.54) is 0 Å². The molecule has 35 heavy (non-hydrogen) atoms. The van der Waals surface area contributed by atoms with Crippen molar-refractivity contribution in [2.45, 2.75) is 78.7 Å². The zero-order valence-electron chi connectivity index (χ0n) is 21.0. The zero-order chi connectivity index (χ0) is 25.6. The number of anilines is 1. The van der Waals surface area contributed by atoms with Gasteiger partial charge in [-0.05, 0) is 77.7 Å². The Bertz CT molecular complexity index is 1060. The second-order valence-electron chi connectivity index (χ2n) is 10.5. The molecule has 0 aromatic carbocycles. The number of nitriles is 1. The smallest absolute Gasteiger partial charge is 0.348 e. The third-order valence-corrected chi connectivity index (χ3v) is 7.45. The van der Waals surface area contributed by atoms with Gasteiger partial charge in [0.2, 0.25) is 5.91 Å². The molecule has 1 heterocycles. The van der Waals surface area contributed by atoms with Crippen molar-refractivity contribution in [3.63, 3.8) is 0 Å². The molecular formula is C27H35N3O4S. The zero-order valence-corrected chi connectivity index (χ0v) is 21.8. The Kier molecular flexibility index (Phi) is 8.99. The average Bonchev–Trinajstić information content (AvgIpc) is 3.23. The minimum Gasteiger partial charge on any atom is -0.477 e. The summed E-state index contributed by atoms with van der Waals surface area (Å²) < 4.78 is 0. The predicted octanol–water partition coefficient (Wildman–Crippen LogP) is 5.48. The van der Waals surface area contributed by atoms with Crippen molar-refractivity contribution in [1.29, 1.82) is 5.26 Å². The van der Waals surface area contributed by atoms with Gasteiger partial charge < -0.3 is 10.0 Å². The van der Waals surface area contributed by atoms with Gasteiger partial charge in [-0.3, -0.25) is 15.1 Å². The fourth-order valence-electron chi connectivity index (χ4n) is 4.53. The topological polar surface area (TPSA) is 103 Å². The van der Waals surface area contributed by atoms with Gasteiger partial charge in [0.25, 0.3) is 0 Å². The standard InChI is InChI=1S/C27H35N3O4S/c1-18-5-7-19(8-6-18)25(31)30(21-11-9-20(10-12-21)29-34-16-15-28)23-17-22(13-14-27(2,3)4)35-24(23)26(32)33/h9,17-19,21,29H,5-8,10-12,16H2,1-4H3,(H,32,33). The molecular weight excluding hydrogens is 462 g/mol. The molecule has 1 aromatic heterocycles. The second kappa shape index (κ2) is 11.7. The van der Waals surface area contributed by atoms with E-state index >= 15 is 0 Å². The average molecular weight is 498 g/mol. The van der Waals surface area contributed by atoms with Crippen molar-refractivity contribution in [1.82, 2.24) is 5.48 Å². The van der Waals surface area contributed by atoms with E-state index in [-0.39, 0.29) is 34.8 Å². The molecule has 0 aliphatic heterocycles. The van der Waals surface area contributed by atoms with Gasteiger partial charge in [-0.25, -0.2) is 4.79 Å². The van der Waals surface area contributed by atoms with Crippen LogP contribution in [0.5, 0.6) is 0 Å². The number of carboxylic acid groups (broad SMARTS) is 1. The molecule has 1 amide bonds. The molecule has 0 radical (unpaired) electrons. The first-order valence-electron chi connectivity index (χ1n) is 12.3. The molecule has 188 valence electrons. The number of carbonyl (C=O) groups is 2. The monoisotopic (exact) mass is 497 g/mol. The Morgan fingerprint density at radius 3 is 2.54 bits per heavy atom. The fourth-order valence-corrected chi connectivity index (χ4v) is 5.37. The van der Waals surface area contributed by atoms with Crippen LogP contribution < -0.4 is 10.4 Å². The molecule has 2 aliphatic carbocycles. The number of hydrogen-bond donors (Lipinski definition) is 2. The van der Waals surface area contributed by atoms with Crippen molar-refractivity contribution in [2.24, 2.45) is 17.3 Å². The molecule has 7 nitrogen and oxygen atoms in total. The number of carbonyl (C=O) groups excluding carboxylic acids is 1. The van der Waals surface area contributed by atoms with Crippen LogP contribution in [0, 0.1) is 40.4 Å². The summed E-state index contributed by atoms with van der Waals surface area (Å²) in [6.07, 6.45) is 7.54. The highest BCUT2D eigenvalue weighted by molar-refractivity contribution is 7.15. The molecule has 1 unspecified atom stereocenters. The van der Waals surface area contributed by atoms with E-state index in [1.54, 1.807) is 11.0 Å². The number of aromatic carboxylic acids is 1. The first kappa shape index (κ1) is 26.8. The molecule has 0 spiro atoms. The van der Waals surface area contributed by atoms with Crippen LogP contribution in [0.1, 0.15) is 87.2 Å². The van der Waals surface area contributed by atoms with Crippen LogP contribution in [0.3, 0.4) is 0 Å². The first-order chi connectivity index (χ1) is 16.6. The molecule has 1 atom stereocenters. The van der Waals surface area contributed by atoms with Crippen LogP contribution in [0.2, 0.25) is 0 Å². The van der Waals surface area contributed by atoms with E-state index in [0.717, 1.165) is 42.7 Å². The van der Waals surface area contributed by atoms with E-state index < -0.39 is 5.97 Å². The van der Waals surface area contributed by atoms with E-state index in [1.807, 2.05) is 32.9 Å². The summed E-state index contributed by atoms with van der Waals surface area (Å²) in [4.78, 5) is 33.8.